The van der Waals surface area contributed by atoms with Gasteiger partial charge >= 0.3 is 0 Å². The van der Waals surface area contributed by atoms with Crippen molar-refractivity contribution in [2.45, 2.75) is 0 Å². The van der Waals surface area contributed by atoms with E-state index in [1.807, 2.05) is 24.3 Å². The Bertz CT molecular complexity index is 1210. The number of hydrogen-bond acceptors (Lipinski definition) is 7. The van der Waals surface area contributed by atoms with Crippen molar-refractivity contribution in [2.75, 3.05) is 16.3 Å². The number of anilines is 2. The molecule has 4 aromatic rings. The van der Waals surface area contributed by atoms with Crippen LogP contribution in [0.4, 0.5) is 10.3 Å². The second-order valence-corrected chi connectivity index (χ2v) is 9.33. The van der Waals surface area contributed by atoms with Gasteiger partial charge in [-0.15, -0.1) is 0 Å². The Balaban J connectivity index is 1.59. The maximum absolute atomic E-state index is 12.5. The largest absolute Gasteiger partial charge is 0.298 e. The van der Waals surface area contributed by atoms with Crippen LogP contribution in [0.5, 0.6) is 0 Å². The highest BCUT2D eigenvalue weighted by Gasteiger charge is 2.13. The van der Waals surface area contributed by atoms with Gasteiger partial charge in [0.05, 0.1) is 26.7 Å². The van der Waals surface area contributed by atoms with Gasteiger partial charge in [-0.3, -0.25) is 14.8 Å². The second-order valence-electron chi connectivity index (χ2n) is 5.52. The Hall–Kier alpha value is -2.56. The molecule has 2 heterocycles. The molecular formula is C16H12N4O3S3. The van der Waals surface area contributed by atoms with Crippen LogP contribution in [0.1, 0.15) is 10.4 Å². The van der Waals surface area contributed by atoms with Crippen LogP contribution < -0.4 is 10.0 Å². The van der Waals surface area contributed by atoms with E-state index in [1.54, 1.807) is 18.2 Å². The number of rotatable bonds is 4. The highest BCUT2D eigenvalue weighted by Crippen LogP contribution is 2.29. The number of carbonyl (C=O) groups excluding carboxylic acids is 1. The zero-order valence-electron chi connectivity index (χ0n) is 13.4. The third kappa shape index (κ3) is 3.52. The topological polar surface area (TPSA) is 101 Å². The average molecular weight is 404 g/mol. The van der Waals surface area contributed by atoms with Crippen molar-refractivity contribution in [1.82, 2.24) is 9.97 Å². The van der Waals surface area contributed by atoms with Crippen LogP contribution in [0.25, 0.3) is 20.4 Å². The van der Waals surface area contributed by atoms with E-state index in [1.165, 1.54) is 22.7 Å². The Morgan fingerprint density at radius 2 is 1.65 bits per heavy atom. The van der Waals surface area contributed by atoms with Gasteiger partial charge in [0.1, 0.15) is 0 Å². The standard InChI is InChI=1S/C16H12N4O3S3/c1-26(22,23)20-16-18-11-7-6-9(8-13(11)25-16)14(21)19-15-17-10-4-2-3-5-12(10)24-15/h2-8H,1H3,(H,18,20)(H,17,19,21). The summed E-state index contributed by atoms with van der Waals surface area (Å²) in [5, 5.41) is 3.60. The lowest BCUT2D eigenvalue weighted by atomic mass is 10.2. The Labute approximate surface area is 156 Å². The van der Waals surface area contributed by atoms with Gasteiger partial charge in [-0.05, 0) is 30.3 Å². The van der Waals surface area contributed by atoms with E-state index >= 15 is 0 Å². The molecule has 0 radical (unpaired) electrons. The number of benzene rings is 2. The molecule has 0 aliphatic heterocycles. The summed E-state index contributed by atoms with van der Waals surface area (Å²) in [7, 11) is -3.39. The second kappa shape index (κ2) is 6.31. The first-order chi connectivity index (χ1) is 12.4. The molecule has 0 saturated carbocycles. The minimum Gasteiger partial charge on any atom is -0.298 e. The highest BCUT2D eigenvalue weighted by molar-refractivity contribution is 7.92. The summed E-state index contributed by atoms with van der Waals surface area (Å²) in [6.45, 7) is 0. The van der Waals surface area contributed by atoms with E-state index in [0.29, 0.717) is 20.9 Å². The van der Waals surface area contributed by atoms with Crippen LogP contribution in [-0.2, 0) is 10.0 Å². The van der Waals surface area contributed by atoms with Crippen LogP contribution >= 0.6 is 22.7 Å². The van der Waals surface area contributed by atoms with Gasteiger partial charge in [0, 0.05) is 5.56 Å². The van der Waals surface area contributed by atoms with Gasteiger partial charge in [-0.25, -0.2) is 18.4 Å². The first-order valence-corrected chi connectivity index (χ1v) is 11.0. The Kier molecular flexibility index (Phi) is 4.10. The van der Waals surface area contributed by atoms with E-state index < -0.39 is 10.0 Å². The normalized spacial score (nSPS) is 11.7. The number of sulfonamides is 1. The van der Waals surface area contributed by atoms with E-state index in [0.717, 1.165) is 16.5 Å². The smallest absolute Gasteiger partial charge is 0.257 e. The highest BCUT2D eigenvalue weighted by atomic mass is 32.2. The van der Waals surface area contributed by atoms with Crippen LogP contribution in [0, 0.1) is 0 Å². The first-order valence-electron chi connectivity index (χ1n) is 7.43. The van der Waals surface area contributed by atoms with Gasteiger partial charge < -0.3 is 0 Å². The SMILES string of the molecule is CS(=O)(=O)Nc1nc2ccc(C(=O)Nc3nc4ccccc4s3)cc2s1. The molecule has 0 aliphatic rings. The van der Waals surface area contributed by atoms with E-state index in [2.05, 4.69) is 20.0 Å². The van der Waals surface area contributed by atoms with Gasteiger partial charge in [0.2, 0.25) is 10.0 Å². The molecule has 0 bridgehead atoms. The quantitative estimate of drug-likeness (QED) is 0.542. The van der Waals surface area contributed by atoms with Crippen molar-refractivity contribution in [3.05, 3.63) is 48.0 Å². The summed E-state index contributed by atoms with van der Waals surface area (Å²) in [5.74, 6) is -0.281. The maximum Gasteiger partial charge on any atom is 0.257 e. The molecule has 0 saturated heterocycles. The fourth-order valence-corrected chi connectivity index (χ4v) is 4.96. The van der Waals surface area contributed by atoms with Gasteiger partial charge in [0.15, 0.2) is 10.3 Å². The number of amides is 1. The van der Waals surface area contributed by atoms with Crippen molar-refractivity contribution < 1.29 is 13.2 Å². The van der Waals surface area contributed by atoms with Crippen molar-refractivity contribution in [1.29, 1.82) is 0 Å². The number of aromatic nitrogens is 2. The molecular weight excluding hydrogens is 392 g/mol. The molecule has 0 atom stereocenters. The predicted octanol–water partition coefficient (Wildman–Crippen LogP) is 3.53. The fourth-order valence-electron chi connectivity index (χ4n) is 2.36. The third-order valence-corrected chi connectivity index (χ3v) is 6.02. The molecule has 4 rings (SSSR count). The minimum atomic E-state index is -3.39. The Morgan fingerprint density at radius 3 is 2.42 bits per heavy atom. The molecule has 0 aliphatic carbocycles. The maximum atomic E-state index is 12.5. The van der Waals surface area contributed by atoms with Crippen molar-refractivity contribution in [2.24, 2.45) is 0 Å². The summed E-state index contributed by atoms with van der Waals surface area (Å²) < 4.78 is 26.7. The van der Waals surface area contributed by atoms with Gasteiger partial charge in [-0.2, -0.15) is 0 Å². The molecule has 7 nitrogen and oxygen atoms in total. The molecule has 10 heteroatoms. The summed E-state index contributed by atoms with van der Waals surface area (Å²) in [6, 6.07) is 12.7. The lowest BCUT2D eigenvalue weighted by molar-refractivity contribution is 0.102. The van der Waals surface area contributed by atoms with Crippen LogP contribution in [0.3, 0.4) is 0 Å². The summed E-state index contributed by atoms with van der Waals surface area (Å²) in [6.07, 6.45) is 1.07. The Morgan fingerprint density at radius 1 is 0.962 bits per heavy atom. The molecule has 0 fully saturated rings. The number of thiazole rings is 2. The van der Waals surface area contributed by atoms with Crippen LogP contribution in [0.15, 0.2) is 42.5 Å². The number of para-hydroxylation sites is 1. The van der Waals surface area contributed by atoms with Gasteiger partial charge in [-0.1, -0.05) is 34.8 Å². The summed E-state index contributed by atoms with van der Waals surface area (Å²) in [5.41, 5.74) is 1.91. The minimum absolute atomic E-state index is 0.270. The zero-order chi connectivity index (χ0) is 18.3. The monoisotopic (exact) mass is 404 g/mol. The van der Waals surface area contributed by atoms with Crippen LogP contribution in [-0.4, -0.2) is 30.5 Å². The number of fused-ring (bicyclic) bond motifs is 2. The zero-order valence-corrected chi connectivity index (χ0v) is 15.8. The predicted molar refractivity (Wildman–Crippen MR) is 106 cm³/mol. The first kappa shape index (κ1) is 16.9. The molecule has 1 amide bonds. The third-order valence-electron chi connectivity index (χ3n) is 3.44. The lowest BCUT2D eigenvalue weighted by Gasteiger charge is -2.01. The molecule has 0 spiro atoms. The number of hydrogen-bond donors (Lipinski definition) is 2. The van der Waals surface area contributed by atoms with E-state index in [-0.39, 0.29) is 11.0 Å². The van der Waals surface area contributed by atoms with Crippen molar-refractivity contribution in [3.8, 4) is 0 Å². The summed E-state index contributed by atoms with van der Waals surface area (Å²) >= 11 is 2.58. The van der Waals surface area contributed by atoms with E-state index in [4.69, 9.17) is 0 Å². The molecule has 132 valence electrons. The van der Waals surface area contributed by atoms with Crippen molar-refractivity contribution >= 4 is 69.3 Å². The molecule has 0 unspecified atom stereocenters. The number of carbonyl (C=O) groups is 1. The molecule has 2 N–H and O–H groups in total. The average Bonchev–Trinajstić information content (AvgIpc) is 3.14. The van der Waals surface area contributed by atoms with Gasteiger partial charge in [0.25, 0.3) is 5.91 Å². The fraction of sp³-hybridized carbons (Fsp3) is 0.0625. The lowest BCUT2D eigenvalue weighted by Crippen LogP contribution is -2.11. The number of nitrogens with zero attached hydrogens (tertiary/aromatic N) is 2. The van der Waals surface area contributed by atoms with Crippen molar-refractivity contribution in [3.63, 3.8) is 0 Å². The molecule has 2 aromatic carbocycles. The molecule has 2 aromatic heterocycles. The van der Waals surface area contributed by atoms with Crippen LogP contribution in [0.2, 0.25) is 0 Å². The molecule has 26 heavy (non-hydrogen) atoms. The van der Waals surface area contributed by atoms with E-state index in [9.17, 15) is 13.2 Å². The summed E-state index contributed by atoms with van der Waals surface area (Å²) in [4.78, 5) is 21.1. The number of nitrogens with one attached hydrogen (secondary N) is 2.